The van der Waals surface area contributed by atoms with Crippen LogP contribution in [0.5, 0.6) is 0 Å². The Morgan fingerprint density at radius 1 is 1.39 bits per heavy atom. The van der Waals surface area contributed by atoms with Crippen molar-refractivity contribution in [2.24, 2.45) is 0 Å². The highest BCUT2D eigenvalue weighted by Gasteiger charge is 2.15. The molecule has 1 unspecified atom stereocenters. The number of aromatic nitrogens is 1. The first kappa shape index (κ1) is 11.5. The Balaban J connectivity index is 1.80. The summed E-state index contributed by atoms with van der Waals surface area (Å²) < 4.78 is 7.85. The molecule has 1 saturated heterocycles. The van der Waals surface area contributed by atoms with Gasteiger partial charge in [0.1, 0.15) is 6.29 Å². The van der Waals surface area contributed by atoms with Gasteiger partial charge in [-0.3, -0.25) is 4.79 Å². The van der Waals surface area contributed by atoms with Gasteiger partial charge in [-0.1, -0.05) is 12.1 Å². The van der Waals surface area contributed by atoms with E-state index in [2.05, 4.69) is 16.8 Å². The van der Waals surface area contributed by atoms with E-state index < -0.39 is 0 Å². The van der Waals surface area contributed by atoms with E-state index in [1.807, 2.05) is 18.2 Å². The SMILES string of the molecule is O=Cc1ccc2ccn(CCC3CCCO3)c2c1. The number of aryl methyl sites for hydroxylation is 1. The van der Waals surface area contributed by atoms with Gasteiger partial charge >= 0.3 is 0 Å². The number of aldehydes is 1. The summed E-state index contributed by atoms with van der Waals surface area (Å²) in [6, 6.07) is 7.92. The zero-order chi connectivity index (χ0) is 12.4. The van der Waals surface area contributed by atoms with Crippen LogP contribution in [0.15, 0.2) is 30.5 Å². The molecule has 1 aliphatic rings. The Bertz CT molecular complexity index is 553. The molecule has 2 heterocycles. The van der Waals surface area contributed by atoms with Gasteiger partial charge in [-0.25, -0.2) is 0 Å². The quantitative estimate of drug-likeness (QED) is 0.773. The zero-order valence-corrected chi connectivity index (χ0v) is 10.3. The number of carbonyl (C=O) groups is 1. The molecule has 0 radical (unpaired) electrons. The summed E-state index contributed by atoms with van der Waals surface area (Å²) in [4.78, 5) is 10.8. The van der Waals surface area contributed by atoms with Gasteiger partial charge in [0.05, 0.1) is 6.10 Å². The standard InChI is InChI=1S/C15H17NO2/c17-11-12-3-4-13-5-7-16(15(13)10-12)8-6-14-2-1-9-18-14/h3-5,7,10-11,14H,1-2,6,8-9H2. The van der Waals surface area contributed by atoms with Crippen LogP contribution in [0.2, 0.25) is 0 Å². The third-order valence-corrected chi connectivity index (χ3v) is 3.65. The van der Waals surface area contributed by atoms with Crippen LogP contribution in [0.1, 0.15) is 29.6 Å². The van der Waals surface area contributed by atoms with E-state index in [9.17, 15) is 4.79 Å². The second-order valence-electron chi connectivity index (χ2n) is 4.87. The maximum absolute atomic E-state index is 10.8. The molecule has 0 amide bonds. The van der Waals surface area contributed by atoms with Crippen molar-refractivity contribution in [3.63, 3.8) is 0 Å². The van der Waals surface area contributed by atoms with Crippen LogP contribution in [0.3, 0.4) is 0 Å². The number of fused-ring (bicyclic) bond motifs is 1. The van der Waals surface area contributed by atoms with E-state index in [0.29, 0.717) is 6.10 Å². The molecule has 18 heavy (non-hydrogen) atoms. The van der Waals surface area contributed by atoms with E-state index in [4.69, 9.17) is 4.74 Å². The molecule has 0 bridgehead atoms. The summed E-state index contributed by atoms with van der Waals surface area (Å²) in [6.07, 6.45) is 6.82. The van der Waals surface area contributed by atoms with E-state index in [-0.39, 0.29) is 0 Å². The van der Waals surface area contributed by atoms with Gasteiger partial charge in [0.2, 0.25) is 0 Å². The number of carbonyl (C=O) groups excluding carboxylic acids is 1. The van der Waals surface area contributed by atoms with Crippen LogP contribution in [0.4, 0.5) is 0 Å². The predicted octanol–water partition coefficient (Wildman–Crippen LogP) is 3.02. The fourth-order valence-corrected chi connectivity index (χ4v) is 2.62. The number of hydrogen-bond donors (Lipinski definition) is 0. The molecular weight excluding hydrogens is 226 g/mol. The minimum Gasteiger partial charge on any atom is -0.378 e. The number of benzene rings is 1. The molecule has 1 aromatic carbocycles. The predicted molar refractivity (Wildman–Crippen MR) is 70.9 cm³/mol. The van der Waals surface area contributed by atoms with Gasteiger partial charge in [-0.05, 0) is 36.8 Å². The van der Waals surface area contributed by atoms with Crippen molar-refractivity contribution < 1.29 is 9.53 Å². The first-order valence-electron chi connectivity index (χ1n) is 6.52. The van der Waals surface area contributed by atoms with Gasteiger partial charge < -0.3 is 9.30 Å². The lowest BCUT2D eigenvalue weighted by Gasteiger charge is -2.10. The molecule has 3 nitrogen and oxygen atoms in total. The van der Waals surface area contributed by atoms with Crippen molar-refractivity contribution in [1.29, 1.82) is 0 Å². The van der Waals surface area contributed by atoms with Gasteiger partial charge in [0.25, 0.3) is 0 Å². The van der Waals surface area contributed by atoms with Gasteiger partial charge in [0, 0.05) is 30.4 Å². The third-order valence-electron chi connectivity index (χ3n) is 3.65. The Morgan fingerprint density at radius 2 is 2.33 bits per heavy atom. The van der Waals surface area contributed by atoms with Crippen LogP contribution in [-0.4, -0.2) is 23.6 Å². The van der Waals surface area contributed by atoms with Crippen molar-refractivity contribution >= 4 is 17.2 Å². The van der Waals surface area contributed by atoms with Crippen molar-refractivity contribution in [3.8, 4) is 0 Å². The molecule has 0 N–H and O–H groups in total. The largest absolute Gasteiger partial charge is 0.378 e. The van der Waals surface area contributed by atoms with Crippen LogP contribution < -0.4 is 0 Å². The molecule has 0 aliphatic carbocycles. The average molecular weight is 243 g/mol. The minimum absolute atomic E-state index is 0.414. The van der Waals surface area contributed by atoms with Gasteiger partial charge in [-0.2, -0.15) is 0 Å². The van der Waals surface area contributed by atoms with E-state index >= 15 is 0 Å². The van der Waals surface area contributed by atoms with Crippen molar-refractivity contribution in [3.05, 3.63) is 36.0 Å². The van der Waals surface area contributed by atoms with E-state index in [1.54, 1.807) is 0 Å². The molecule has 94 valence electrons. The second kappa shape index (κ2) is 4.94. The van der Waals surface area contributed by atoms with Gasteiger partial charge in [0.15, 0.2) is 0 Å². The Labute approximate surface area is 106 Å². The second-order valence-corrected chi connectivity index (χ2v) is 4.87. The highest BCUT2D eigenvalue weighted by Crippen LogP contribution is 2.20. The lowest BCUT2D eigenvalue weighted by atomic mass is 10.1. The monoisotopic (exact) mass is 243 g/mol. The molecule has 1 fully saturated rings. The smallest absolute Gasteiger partial charge is 0.150 e. The highest BCUT2D eigenvalue weighted by molar-refractivity contribution is 5.87. The highest BCUT2D eigenvalue weighted by atomic mass is 16.5. The Kier molecular flexibility index (Phi) is 3.15. The summed E-state index contributed by atoms with van der Waals surface area (Å²) in [5, 5.41) is 1.19. The number of rotatable bonds is 4. The number of hydrogen-bond acceptors (Lipinski definition) is 2. The lowest BCUT2D eigenvalue weighted by molar-refractivity contribution is 0.101. The fourth-order valence-electron chi connectivity index (χ4n) is 2.62. The van der Waals surface area contributed by atoms with E-state index in [0.717, 1.165) is 36.9 Å². The van der Waals surface area contributed by atoms with Crippen LogP contribution in [0.25, 0.3) is 10.9 Å². The third kappa shape index (κ3) is 2.18. The van der Waals surface area contributed by atoms with Crippen LogP contribution >= 0.6 is 0 Å². The molecule has 1 aromatic heterocycles. The Hall–Kier alpha value is -1.61. The van der Waals surface area contributed by atoms with Crippen LogP contribution in [0, 0.1) is 0 Å². The van der Waals surface area contributed by atoms with Crippen molar-refractivity contribution in [2.75, 3.05) is 6.61 Å². The maximum Gasteiger partial charge on any atom is 0.150 e. The molecule has 1 atom stereocenters. The molecule has 3 rings (SSSR count). The maximum atomic E-state index is 10.8. The van der Waals surface area contributed by atoms with Crippen molar-refractivity contribution in [2.45, 2.75) is 31.9 Å². The average Bonchev–Trinajstić information content (AvgIpc) is 3.05. The molecule has 2 aromatic rings. The summed E-state index contributed by atoms with van der Waals surface area (Å²) in [5.74, 6) is 0. The first-order chi connectivity index (χ1) is 8.86. The number of ether oxygens (including phenoxy) is 1. The fraction of sp³-hybridized carbons (Fsp3) is 0.400. The van der Waals surface area contributed by atoms with Crippen LogP contribution in [-0.2, 0) is 11.3 Å². The minimum atomic E-state index is 0.414. The molecule has 0 spiro atoms. The summed E-state index contributed by atoms with van der Waals surface area (Å²) in [7, 11) is 0. The molecule has 3 heteroatoms. The lowest BCUT2D eigenvalue weighted by Crippen LogP contribution is -2.09. The molecule has 1 aliphatic heterocycles. The normalized spacial score (nSPS) is 19.4. The summed E-state index contributed by atoms with van der Waals surface area (Å²) in [6.45, 7) is 1.86. The van der Waals surface area contributed by atoms with E-state index in [1.165, 1.54) is 18.2 Å². The molecule has 0 saturated carbocycles. The molecular formula is C15H17NO2. The number of nitrogens with zero attached hydrogens (tertiary/aromatic N) is 1. The summed E-state index contributed by atoms with van der Waals surface area (Å²) >= 11 is 0. The topological polar surface area (TPSA) is 31.2 Å². The van der Waals surface area contributed by atoms with Gasteiger partial charge in [-0.15, -0.1) is 0 Å². The first-order valence-corrected chi connectivity index (χ1v) is 6.52. The summed E-state index contributed by atoms with van der Waals surface area (Å²) in [5.41, 5.74) is 1.87. The Morgan fingerprint density at radius 3 is 3.11 bits per heavy atom. The zero-order valence-electron chi connectivity index (χ0n) is 10.3. The van der Waals surface area contributed by atoms with Crippen molar-refractivity contribution in [1.82, 2.24) is 4.57 Å².